The summed E-state index contributed by atoms with van der Waals surface area (Å²) in [5, 5.41) is 2.95. The van der Waals surface area contributed by atoms with Crippen LogP contribution in [-0.4, -0.2) is 20.0 Å². The van der Waals surface area contributed by atoms with E-state index in [2.05, 4.69) is 5.32 Å². The lowest BCUT2D eigenvalue weighted by Crippen LogP contribution is -2.25. The molecule has 0 spiro atoms. The molecule has 23 heavy (non-hydrogen) atoms. The zero-order valence-electron chi connectivity index (χ0n) is 13.4. The van der Waals surface area contributed by atoms with Gasteiger partial charge in [-0.1, -0.05) is 30.3 Å². The molecule has 2 atom stereocenters. The third kappa shape index (κ3) is 3.52. The van der Waals surface area contributed by atoms with Crippen LogP contribution in [0.2, 0.25) is 0 Å². The Balaban J connectivity index is 1.54. The second kappa shape index (κ2) is 6.41. The Bertz CT molecular complexity index is 697. The smallest absolute Gasteiger partial charge is 0.224 e. The second-order valence-corrected chi connectivity index (χ2v) is 6.25. The van der Waals surface area contributed by atoms with Crippen LogP contribution in [0.3, 0.4) is 0 Å². The van der Waals surface area contributed by atoms with E-state index in [0.29, 0.717) is 12.1 Å². The Hall–Kier alpha value is -2.36. The maximum absolute atomic E-state index is 13.7. The highest BCUT2D eigenvalue weighted by atomic mass is 19.1. The van der Waals surface area contributed by atoms with Crippen molar-refractivity contribution < 1.29 is 9.18 Å². The van der Waals surface area contributed by atoms with Crippen LogP contribution < -0.4 is 10.2 Å². The van der Waals surface area contributed by atoms with Gasteiger partial charge in [0.1, 0.15) is 5.82 Å². The zero-order chi connectivity index (χ0) is 16.4. The quantitative estimate of drug-likeness (QED) is 0.918. The average Bonchev–Trinajstić information content (AvgIpc) is 3.34. The fraction of sp³-hybridized carbons (Fsp3) is 0.316. The summed E-state index contributed by atoms with van der Waals surface area (Å²) in [6.45, 7) is 0.507. The molecule has 1 N–H and O–H groups in total. The van der Waals surface area contributed by atoms with Gasteiger partial charge in [-0.05, 0) is 41.7 Å². The fourth-order valence-corrected chi connectivity index (χ4v) is 2.84. The Kier molecular flexibility index (Phi) is 4.33. The standard InChI is InChI=1S/C19H21FN2O/c1-22(2)14-9-7-13(8-10-14)12-21-19(23)17-11-16(17)15-5-3-4-6-18(15)20/h3-10,16-17H,11-12H2,1-2H3,(H,21,23). The summed E-state index contributed by atoms with van der Waals surface area (Å²) in [6, 6.07) is 14.8. The topological polar surface area (TPSA) is 32.3 Å². The normalized spacial score (nSPS) is 19.3. The van der Waals surface area contributed by atoms with E-state index in [1.807, 2.05) is 49.3 Å². The first-order valence-electron chi connectivity index (χ1n) is 7.84. The van der Waals surface area contributed by atoms with E-state index in [4.69, 9.17) is 0 Å². The fourth-order valence-electron chi connectivity index (χ4n) is 2.84. The summed E-state index contributed by atoms with van der Waals surface area (Å²) < 4.78 is 13.7. The minimum absolute atomic E-state index is 0.00920. The highest BCUT2D eigenvalue weighted by molar-refractivity contribution is 5.82. The number of halogens is 1. The van der Waals surface area contributed by atoms with Gasteiger partial charge in [-0.15, -0.1) is 0 Å². The van der Waals surface area contributed by atoms with Crippen LogP contribution >= 0.6 is 0 Å². The van der Waals surface area contributed by atoms with Crippen LogP contribution in [0, 0.1) is 11.7 Å². The summed E-state index contributed by atoms with van der Waals surface area (Å²) in [7, 11) is 3.99. The molecule has 1 amide bonds. The number of carbonyl (C=O) groups is 1. The van der Waals surface area contributed by atoms with E-state index in [-0.39, 0.29) is 23.6 Å². The average molecular weight is 312 g/mol. The number of hydrogen-bond donors (Lipinski definition) is 1. The molecule has 0 saturated heterocycles. The molecule has 3 rings (SSSR count). The van der Waals surface area contributed by atoms with Gasteiger partial charge in [-0.25, -0.2) is 4.39 Å². The molecule has 0 radical (unpaired) electrons. The van der Waals surface area contributed by atoms with E-state index >= 15 is 0 Å². The van der Waals surface area contributed by atoms with Crippen molar-refractivity contribution in [3.05, 3.63) is 65.5 Å². The third-order valence-corrected chi connectivity index (χ3v) is 4.35. The Labute approximate surface area is 136 Å². The van der Waals surface area contributed by atoms with Crippen molar-refractivity contribution in [1.82, 2.24) is 5.32 Å². The van der Waals surface area contributed by atoms with Crippen molar-refractivity contribution >= 4 is 11.6 Å². The molecule has 0 heterocycles. The molecule has 0 aliphatic heterocycles. The van der Waals surface area contributed by atoms with Gasteiger partial charge in [-0.2, -0.15) is 0 Å². The number of hydrogen-bond acceptors (Lipinski definition) is 2. The van der Waals surface area contributed by atoms with E-state index in [9.17, 15) is 9.18 Å². The van der Waals surface area contributed by atoms with Gasteiger partial charge in [0.25, 0.3) is 0 Å². The molecule has 2 aromatic rings. The van der Waals surface area contributed by atoms with Crippen molar-refractivity contribution in [2.75, 3.05) is 19.0 Å². The lowest BCUT2D eigenvalue weighted by atomic mass is 10.1. The number of nitrogens with one attached hydrogen (secondary N) is 1. The van der Waals surface area contributed by atoms with Gasteiger partial charge >= 0.3 is 0 Å². The summed E-state index contributed by atoms with van der Waals surface area (Å²) in [5.74, 6) is -0.290. The molecular weight excluding hydrogens is 291 g/mol. The third-order valence-electron chi connectivity index (χ3n) is 4.35. The molecule has 0 bridgehead atoms. The maximum atomic E-state index is 13.7. The minimum atomic E-state index is -0.216. The number of amides is 1. The summed E-state index contributed by atoms with van der Waals surface area (Å²) in [6.07, 6.45) is 0.729. The number of nitrogens with zero attached hydrogens (tertiary/aromatic N) is 1. The summed E-state index contributed by atoms with van der Waals surface area (Å²) in [4.78, 5) is 14.2. The van der Waals surface area contributed by atoms with Crippen molar-refractivity contribution in [2.24, 2.45) is 5.92 Å². The van der Waals surface area contributed by atoms with Crippen LogP contribution in [-0.2, 0) is 11.3 Å². The van der Waals surface area contributed by atoms with Gasteiger partial charge in [0.15, 0.2) is 0 Å². The molecule has 2 aromatic carbocycles. The van der Waals surface area contributed by atoms with Crippen LogP contribution in [0.5, 0.6) is 0 Å². The Morgan fingerprint density at radius 3 is 2.52 bits per heavy atom. The van der Waals surface area contributed by atoms with Crippen LogP contribution in [0.4, 0.5) is 10.1 Å². The molecule has 1 aliphatic rings. The highest BCUT2D eigenvalue weighted by Gasteiger charge is 2.44. The lowest BCUT2D eigenvalue weighted by Gasteiger charge is -2.13. The van der Waals surface area contributed by atoms with E-state index in [1.54, 1.807) is 12.1 Å². The second-order valence-electron chi connectivity index (χ2n) is 6.25. The Morgan fingerprint density at radius 2 is 1.87 bits per heavy atom. The Morgan fingerprint density at radius 1 is 1.17 bits per heavy atom. The van der Waals surface area contributed by atoms with Gasteiger partial charge in [0.2, 0.25) is 5.91 Å². The molecule has 0 aromatic heterocycles. The highest BCUT2D eigenvalue weighted by Crippen LogP contribution is 2.48. The molecular formula is C19H21FN2O. The van der Waals surface area contributed by atoms with Crippen LogP contribution in [0.25, 0.3) is 0 Å². The van der Waals surface area contributed by atoms with Gasteiger partial charge in [0.05, 0.1) is 0 Å². The van der Waals surface area contributed by atoms with Crippen molar-refractivity contribution in [1.29, 1.82) is 0 Å². The predicted molar refractivity (Wildman–Crippen MR) is 89.9 cm³/mol. The first kappa shape index (κ1) is 15.5. The SMILES string of the molecule is CN(C)c1ccc(CNC(=O)C2CC2c2ccccc2F)cc1. The van der Waals surface area contributed by atoms with Crippen molar-refractivity contribution in [3.63, 3.8) is 0 Å². The number of benzene rings is 2. The van der Waals surface area contributed by atoms with Crippen LogP contribution in [0.1, 0.15) is 23.5 Å². The van der Waals surface area contributed by atoms with E-state index in [1.165, 1.54) is 6.07 Å². The number of anilines is 1. The van der Waals surface area contributed by atoms with Crippen LogP contribution in [0.15, 0.2) is 48.5 Å². The van der Waals surface area contributed by atoms with Gasteiger partial charge in [-0.3, -0.25) is 4.79 Å². The van der Waals surface area contributed by atoms with Gasteiger partial charge < -0.3 is 10.2 Å². The maximum Gasteiger partial charge on any atom is 0.224 e. The van der Waals surface area contributed by atoms with E-state index < -0.39 is 0 Å². The molecule has 120 valence electrons. The monoisotopic (exact) mass is 312 g/mol. The van der Waals surface area contributed by atoms with E-state index in [0.717, 1.165) is 17.7 Å². The molecule has 3 nitrogen and oxygen atoms in total. The predicted octanol–water partition coefficient (Wildman–Crippen LogP) is 3.31. The number of rotatable bonds is 5. The first-order valence-corrected chi connectivity index (χ1v) is 7.84. The first-order chi connectivity index (χ1) is 11.1. The summed E-state index contributed by atoms with van der Waals surface area (Å²) in [5.41, 5.74) is 2.84. The molecule has 1 saturated carbocycles. The number of carbonyl (C=O) groups excluding carboxylic acids is 1. The molecule has 2 unspecified atom stereocenters. The molecule has 1 fully saturated rings. The minimum Gasteiger partial charge on any atom is -0.378 e. The summed E-state index contributed by atoms with van der Waals surface area (Å²) >= 11 is 0. The van der Waals surface area contributed by atoms with Crippen molar-refractivity contribution in [2.45, 2.75) is 18.9 Å². The zero-order valence-corrected chi connectivity index (χ0v) is 13.4. The molecule has 1 aliphatic carbocycles. The largest absolute Gasteiger partial charge is 0.378 e. The lowest BCUT2D eigenvalue weighted by molar-refractivity contribution is -0.122. The van der Waals surface area contributed by atoms with Gasteiger partial charge in [0, 0.05) is 32.2 Å². The van der Waals surface area contributed by atoms with Crippen molar-refractivity contribution in [3.8, 4) is 0 Å². The molecule has 4 heteroatoms.